The Hall–Kier alpha value is -4.64. The fourth-order valence-corrected chi connectivity index (χ4v) is 6.47. The van der Waals surface area contributed by atoms with Gasteiger partial charge in [0.1, 0.15) is 23.8 Å². The van der Waals surface area contributed by atoms with Gasteiger partial charge in [-0.05, 0) is 74.7 Å². The molecule has 2 aromatic heterocycles. The highest BCUT2D eigenvalue weighted by molar-refractivity contribution is 5.84. The Bertz CT molecular complexity index is 1840. The number of carbonyl (C=O) groups is 1. The van der Waals surface area contributed by atoms with Gasteiger partial charge in [-0.2, -0.15) is 10.1 Å². The van der Waals surface area contributed by atoms with Crippen LogP contribution in [-0.2, 0) is 16.1 Å². The van der Waals surface area contributed by atoms with Crippen molar-refractivity contribution in [3.8, 4) is 39.7 Å². The minimum Gasteiger partial charge on any atom is -0.466 e. The highest BCUT2D eigenvalue weighted by atomic mass is 19.1. The molecule has 3 aromatic carbocycles. The van der Waals surface area contributed by atoms with Gasteiger partial charge in [-0.15, -0.1) is 0 Å². The van der Waals surface area contributed by atoms with E-state index in [9.17, 15) is 4.79 Å². The molecule has 1 saturated heterocycles. The first-order chi connectivity index (χ1) is 22.9. The molecule has 0 unspecified atom stereocenters. The molecule has 0 amide bonds. The first-order valence-corrected chi connectivity index (χ1v) is 16.5. The van der Waals surface area contributed by atoms with Crippen molar-refractivity contribution < 1.29 is 23.0 Å². The molecule has 1 N–H and O–H groups in total. The molecule has 5 aromatic rings. The number of rotatable bonds is 11. The SMILES string of the molecule is CCOC(=O)CC1CCC(Oc2nc3c(F)c(-c4ccc(-c5ccc(-c6ncn(CCN7CCC7)n6)cc5)cc4)c(F)cc3[nH]2)CC1. The van der Waals surface area contributed by atoms with Gasteiger partial charge in [-0.25, -0.2) is 13.8 Å². The number of carbonyl (C=O) groups excluding carboxylic acids is 1. The van der Waals surface area contributed by atoms with E-state index >= 15 is 8.78 Å². The molecule has 244 valence electrons. The monoisotopic (exact) mass is 640 g/mol. The maximum Gasteiger partial charge on any atom is 0.306 e. The van der Waals surface area contributed by atoms with Crippen LogP contribution in [0.15, 0.2) is 60.9 Å². The lowest BCUT2D eigenvalue weighted by atomic mass is 9.85. The number of hydrogen-bond donors (Lipinski definition) is 1. The summed E-state index contributed by atoms with van der Waals surface area (Å²) in [5, 5.41) is 4.62. The van der Waals surface area contributed by atoms with Crippen LogP contribution in [-0.4, -0.2) is 67.9 Å². The van der Waals surface area contributed by atoms with E-state index in [2.05, 4.69) is 25.0 Å². The third-order valence-electron chi connectivity index (χ3n) is 9.26. The summed E-state index contributed by atoms with van der Waals surface area (Å²) in [6.45, 7) is 6.31. The number of hydrogen-bond acceptors (Lipinski definition) is 7. The lowest BCUT2D eigenvalue weighted by molar-refractivity contribution is -0.144. The molecule has 3 heterocycles. The first-order valence-electron chi connectivity index (χ1n) is 16.5. The number of H-pyrrole nitrogens is 1. The zero-order valence-electron chi connectivity index (χ0n) is 26.4. The topological polar surface area (TPSA) is 98.2 Å². The molecular formula is C36H38F2N6O3. The fourth-order valence-electron chi connectivity index (χ4n) is 6.47. The Morgan fingerprint density at radius 2 is 1.62 bits per heavy atom. The van der Waals surface area contributed by atoms with Gasteiger partial charge >= 0.3 is 5.97 Å². The Balaban J connectivity index is 1.00. The van der Waals surface area contributed by atoms with Gasteiger partial charge in [0.25, 0.3) is 6.01 Å². The van der Waals surface area contributed by atoms with E-state index in [-0.39, 0.29) is 40.6 Å². The van der Waals surface area contributed by atoms with Crippen LogP contribution >= 0.6 is 0 Å². The summed E-state index contributed by atoms with van der Waals surface area (Å²) < 4.78 is 44.0. The number of nitrogens with zero attached hydrogens (tertiary/aromatic N) is 5. The third-order valence-corrected chi connectivity index (χ3v) is 9.26. The third kappa shape index (κ3) is 6.90. The minimum atomic E-state index is -0.738. The second-order valence-corrected chi connectivity index (χ2v) is 12.4. The van der Waals surface area contributed by atoms with Gasteiger partial charge in [-0.1, -0.05) is 48.5 Å². The van der Waals surface area contributed by atoms with Gasteiger partial charge in [0, 0.05) is 24.6 Å². The number of likely N-dealkylation sites (tertiary alicyclic amines) is 1. The number of nitrogens with one attached hydrogen (secondary N) is 1. The van der Waals surface area contributed by atoms with E-state index in [4.69, 9.17) is 9.47 Å². The van der Waals surface area contributed by atoms with Crippen molar-refractivity contribution in [1.82, 2.24) is 29.6 Å². The van der Waals surface area contributed by atoms with E-state index in [1.54, 1.807) is 25.4 Å². The van der Waals surface area contributed by atoms with Crippen molar-refractivity contribution in [2.75, 3.05) is 26.2 Å². The van der Waals surface area contributed by atoms with Crippen molar-refractivity contribution in [1.29, 1.82) is 0 Å². The number of fused-ring (bicyclic) bond motifs is 1. The lowest BCUT2D eigenvalue weighted by Crippen LogP contribution is -2.39. The average molecular weight is 641 g/mol. The standard InChI is InChI=1S/C36H38F2N6O3/c1-2-46-31(45)20-23-4-14-28(15-5-23)47-36-40-30-21-29(37)32(33(38)34(30)41-36)26-10-6-24(7-11-26)25-8-12-27(13-9-25)35-39-22-44(42-35)19-18-43-16-3-17-43/h6-13,21-23,28H,2-5,14-20H2,1H3,(H,40,41). The Kier molecular flexibility index (Phi) is 8.97. The molecule has 1 saturated carbocycles. The summed E-state index contributed by atoms with van der Waals surface area (Å²) in [4.78, 5) is 26.0. The molecule has 11 heteroatoms. The molecule has 0 radical (unpaired) electrons. The van der Waals surface area contributed by atoms with E-state index in [1.165, 1.54) is 12.5 Å². The summed E-state index contributed by atoms with van der Waals surface area (Å²) in [6.07, 6.45) is 6.50. The Labute approximate surface area is 271 Å². The summed E-state index contributed by atoms with van der Waals surface area (Å²) in [6, 6.07) is 16.5. The zero-order valence-corrected chi connectivity index (χ0v) is 26.4. The van der Waals surface area contributed by atoms with Crippen LogP contribution in [0.1, 0.15) is 45.4 Å². The second-order valence-electron chi connectivity index (χ2n) is 12.4. The number of benzene rings is 3. The lowest BCUT2D eigenvalue weighted by Gasteiger charge is -2.30. The molecule has 0 bridgehead atoms. The number of imidazole rings is 1. The first kappa shape index (κ1) is 31.0. The number of aromatic nitrogens is 5. The van der Waals surface area contributed by atoms with E-state index in [0.29, 0.717) is 24.4 Å². The molecule has 1 aliphatic heterocycles. The molecule has 7 rings (SSSR count). The fraction of sp³-hybridized carbons (Fsp3) is 0.389. The van der Waals surface area contributed by atoms with Gasteiger partial charge in [0.05, 0.1) is 24.2 Å². The highest BCUT2D eigenvalue weighted by Crippen LogP contribution is 2.35. The smallest absolute Gasteiger partial charge is 0.306 e. The van der Waals surface area contributed by atoms with Crippen LogP contribution in [0.5, 0.6) is 6.01 Å². The van der Waals surface area contributed by atoms with E-state index < -0.39 is 11.6 Å². The molecule has 0 spiro atoms. The van der Waals surface area contributed by atoms with Crippen molar-refractivity contribution in [2.24, 2.45) is 5.92 Å². The van der Waals surface area contributed by atoms with Gasteiger partial charge in [-0.3, -0.25) is 9.48 Å². The van der Waals surface area contributed by atoms with Crippen molar-refractivity contribution in [3.05, 3.63) is 72.6 Å². The molecule has 0 atom stereocenters. The van der Waals surface area contributed by atoms with Crippen LogP contribution in [0.2, 0.25) is 0 Å². The van der Waals surface area contributed by atoms with E-state index in [0.717, 1.165) is 68.6 Å². The van der Waals surface area contributed by atoms with Crippen LogP contribution < -0.4 is 4.74 Å². The van der Waals surface area contributed by atoms with Crippen LogP contribution in [0, 0.1) is 17.6 Å². The van der Waals surface area contributed by atoms with Crippen LogP contribution in [0.4, 0.5) is 8.78 Å². The van der Waals surface area contributed by atoms with Crippen molar-refractivity contribution in [2.45, 2.75) is 58.1 Å². The Morgan fingerprint density at radius 3 is 2.28 bits per heavy atom. The highest BCUT2D eigenvalue weighted by Gasteiger charge is 2.26. The molecule has 47 heavy (non-hydrogen) atoms. The Morgan fingerprint density at radius 1 is 0.936 bits per heavy atom. The maximum atomic E-state index is 15.7. The zero-order chi connectivity index (χ0) is 32.3. The largest absolute Gasteiger partial charge is 0.466 e. The summed E-state index contributed by atoms with van der Waals surface area (Å²) in [5.74, 6) is -0.641. The van der Waals surface area contributed by atoms with E-state index in [1.807, 2.05) is 41.1 Å². The predicted molar refractivity (Wildman–Crippen MR) is 175 cm³/mol. The molecule has 1 aliphatic carbocycles. The minimum absolute atomic E-state index is 0.0312. The number of ether oxygens (including phenoxy) is 2. The summed E-state index contributed by atoms with van der Waals surface area (Å²) in [7, 11) is 0. The number of halogens is 2. The van der Waals surface area contributed by atoms with Gasteiger partial charge in [0.2, 0.25) is 0 Å². The molecule has 2 aliphatic rings. The maximum absolute atomic E-state index is 15.7. The van der Waals surface area contributed by atoms with Gasteiger partial charge < -0.3 is 19.4 Å². The molecule has 9 nitrogen and oxygen atoms in total. The molecule has 2 fully saturated rings. The summed E-state index contributed by atoms with van der Waals surface area (Å²) in [5.41, 5.74) is 3.37. The number of aromatic amines is 1. The normalized spacial score (nSPS) is 18.3. The van der Waals surface area contributed by atoms with Crippen molar-refractivity contribution in [3.63, 3.8) is 0 Å². The number of esters is 1. The molecular weight excluding hydrogens is 602 g/mol. The van der Waals surface area contributed by atoms with Crippen molar-refractivity contribution >= 4 is 17.0 Å². The second kappa shape index (κ2) is 13.6. The van der Waals surface area contributed by atoms with Crippen LogP contribution in [0.25, 0.3) is 44.7 Å². The van der Waals surface area contributed by atoms with Crippen LogP contribution in [0.3, 0.4) is 0 Å². The van der Waals surface area contributed by atoms with Gasteiger partial charge in [0.15, 0.2) is 11.6 Å². The average Bonchev–Trinajstić information content (AvgIpc) is 3.69. The summed E-state index contributed by atoms with van der Waals surface area (Å²) >= 11 is 0. The predicted octanol–water partition coefficient (Wildman–Crippen LogP) is 7.03. The quantitative estimate of drug-likeness (QED) is 0.155.